The zero-order valence-electron chi connectivity index (χ0n) is 15.5. The van der Waals surface area contributed by atoms with Gasteiger partial charge in [-0.15, -0.1) is 0 Å². The van der Waals surface area contributed by atoms with E-state index in [2.05, 4.69) is 22.3 Å². The van der Waals surface area contributed by atoms with Gasteiger partial charge in [0.25, 0.3) is 0 Å². The number of nitrogens with one attached hydrogen (secondary N) is 1. The number of nitrogens with zero attached hydrogens (tertiary/aromatic N) is 1. The zero-order chi connectivity index (χ0) is 17.3. The minimum Gasteiger partial charge on any atom is -0.491 e. The predicted octanol–water partition coefficient (Wildman–Crippen LogP) is 3.19. The average molecular weight is 347 g/mol. The molecule has 140 valence electrons. The SMILES string of the molecule is OCCOc1cccc(CN[C@@H]2CCCN(CC3CCCCC3)C2)c1. The lowest BCUT2D eigenvalue weighted by Crippen LogP contribution is -2.47. The number of hydrogen-bond donors (Lipinski definition) is 2. The molecule has 2 aliphatic rings. The van der Waals surface area contributed by atoms with Crippen molar-refractivity contribution in [1.29, 1.82) is 0 Å². The van der Waals surface area contributed by atoms with E-state index in [1.54, 1.807) is 0 Å². The molecule has 25 heavy (non-hydrogen) atoms. The molecule has 1 aromatic carbocycles. The van der Waals surface area contributed by atoms with Crippen molar-refractivity contribution < 1.29 is 9.84 Å². The second-order valence-electron chi connectivity index (χ2n) is 7.70. The first-order valence-electron chi connectivity index (χ1n) is 10.1. The quantitative estimate of drug-likeness (QED) is 0.759. The molecule has 3 rings (SSSR count). The minimum atomic E-state index is 0.0569. The lowest BCUT2D eigenvalue weighted by molar-refractivity contribution is 0.149. The van der Waals surface area contributed by atoms with Crippen LogP contribution in [0.4, 0.5) is 0 Å². The van der Waals surface area contributed by atoms with E-state index in [1.165, 1.54) is 70.1 Å². The highest BCUT2D eigenvalue weighted by molar-refractivity contribution is 5.28. The summed E-state index contributed by atoms with van der Waals surface area (Å²) in [6.45, 7) is 5.08. The van der Waals surface area contributed by atoms with Gasteiger partial charge in [0.15, 0.2) is 0 Å². The summed E-state index contributed by atoms with van der Waals surface area (Å²) in [6, 6.07) is 8.79. The molecule has 1 aliphatic heterocycles. The smallest absolute Gasteiger partial charge is 0.119 e. The number of benzene rings is 1. The van der Waals surface area contributed by atoms with Crippen LogP contribution in [0.15, 0.2) is 24.3 Å². The van der Waals surface area contributed by atoms with E-state index >= 15 is 0 Å². The zero-order valence-corrected chi connectivity index (χ0v) is 15.5. The van der Waals surface area contributed by atoms with Crippen LogP contribution < -0.4 is 10.1 Å². The summed E-state index contributed by atoms with van der Waals surface area (Å²) in [5.41, 5.74) is 1.25. The van der Waals surface area contributed by atoms with E-state index in [0.717, 1.165) is 18.2 Å². The van der Waals surface area contributed by atoms with Crippen molar-refractivity contribution in [3.05, 3.63) is 29.8 Å². The van der Waals surface area contributed by atoms with Crippen molar-refractivity contribution in [2.45, 2.75) is 57.5 Å². The van der Waals surface area contributed by atoms with Crippen molar-refractivity contribution in [3.8, 4) is 5.75 Å². The Morgan fingerprint density at radius 1 is 1.12 bits per heavy atom. The standard InChI is InChI=1S/C21H34N2O2/c24-12-13-25-21-10-4-8-19(14-21)15-22-20-9-5-11-23(17-20)16-18-6-2-1-3-7-18/h4,8,10,14,18,20,22,24H,1-3,5-7,9,11-13,15-17H2/t20-/m1/s1. The molecule has 2 N–H and O–H groups in total. The molecule has 0 unspecified atom stereocenters. The fraction of sp³-hybridized carbons (Fsp3) is 0.714. The summed E-state index contributed by atoms with van der Waals surface area (Å²) < 4.78 is 5.50. The van der Waals surface area contributed by atoms with Gasteiger partial charge in [-0.1, -0.05) is 31.4 Å². The fourth-order valence-corrected chi connectivity index (χ4v) is 4.29. The van der Waals surface area contributed by atoms with Crippen molar-refractivity contribution in [2.24, 2.45) is 5.92 Å². The second-order valence-corrected chi connectivity index (χ2v) is 7.70. The summed E-state index contributed by atoms with van der Waals surface area (Å²) in [5.74, 6) is 1.78. The first kappa shape index (κ1) is 18.7. The number of hydrogen-bond acceptors (Lipinski definition) is 4. The third-order valence-electron chi connectivity index (χ3n) is 5.60. The molecule has 1 heterocycles. The largest absolute Gasteiger partial charge is 0.491 e. The van der Waals surface area contributed by atoms with Crippen molar-refractivity contribution >= 4 is 0 Å². The maximum Gasteiger partial charge on any atom is 0.119 e. The molecule has 4 nitrogen and oxygen atoms in total. The Morgan fingerprint density at radius 3 is 2.84 bits per heavy atom. The van der Waals surface area contributed by atoms with Gasteiger partial charge in [0.1, 0.15) is 12.4 Å². The number of aliphatic hydroxyl groups is 1. The van der Waals surface area contributed by atoms with E-state index in [4.69, 9.17) is 9.84 Å². The molecule has 1 saturated carbocycles. The van der Waals surface area contributed by atoms with Crippen LogP contribution in [0.5, 0.6) is 5.75 Å². The Hall–Kier alpha value is -1.10. The maximum atomic E-state index is 8.87. The van der Waals surface area contributed by atoms with Gasteiger partial charge in [-0.05, 0) is 55.8 Å². The summed E-state index contributed by atoms with van der Waals surface area (Å²) in [7, 11) is 0. The average Bonchev–Trinajstić information content (AvgIpc) is 2.66. The lowest BCUT2D eigenvalue weighted by atomic mass is 9.88. The number of ether oxygens (including phenoxy) is 1. The molecule has 1 atom stereocenters. The van der Waals surface area contributed by atoms with Crippen LogP contribution in [0.2, 0.25) is 0 Å². The fourth-order valence-electron chi connectivity index (χ4n) is 4.29. The van der Waals surface area contributed by atoms with Gasteiger partial charge in [0, 0.05) is 25.7 Å². The Morgan fingerprint density at radius 2 is 2.00 bits per heavy atom. The van der Waals surface area contributed by atoms with E-state index in [0.29, 0.717) is 12.6 Å². The Kier molecular flexibility index (Phi) is 7.58. The molecule has 0 bridgehead atoms. The number of likely N-dealkylation sites (tertiary alicyclic amines) is 1. The Labute approximate surface area is 152 Å². The van der Waals surface area contributed by atoms with Gasteiger partial charge >= 0.3 is 0 Å². The van der Waals surface area contributed by atoms with Gasteiger partial charge in [0.2, 0.25) is 0 Å². The van der Waals surface area contributed by atoms with E-state index in [-0.39, 0.29) is 6.61 Å². The molecule has 1 aliphatic carbocycles. The third kappa shape index (κ3) is 6.28. The van der Waals surface area contributed by atoms with Crippen LogP contribution in [0.3, 0.4) is 0 Å². The minimum absolute atomic E-state index is 0.0569. The van der Waals surface area contributed by atoms with Gasteiger partial charge in [-0.3, -0.25) is 0 Å². The summed E-state index contributed by atoms with van der Waals surface area (Å²) in [6.07, 6.45) is 9.79. The Balaban J connectivity index is 1.43. The van der Waals surface area contributed by atoms with Gasteiger partial charge in [-0.2, -0.15) is 0 Å². The number of piperidine rings is 1. The Bertz CT molecular complexity index is 502. The normalized spacial score (nSPS) is 22.8. The van der Waals surface area contributed by atoms with E-state index in [1.807, 2.05) is 12.1 Å². The van der Waals surface area contributed by atoms with Gasteiger partial charge in [-0.25, -0.2) is 0 Å². The molecule has 1 aromatic rings. The molecule has 0 aromatic heterocycles. The molecular formula is C21H34N2O2. The van der Waals surface area contributed by atoms with Gasteiger partial charge < -0.3 is 20.1 Å². The maximum absolute atomic E-state index is 8.87. The van der Waals surface area contributed by atoms with Crippen LogP contribution in [-0.2, 0) is 6.54 Å². The highest BCUT2D eigenvalue weighted by Gasteiger charge is 2.23. The highest BCUT2D eigenvalue weighted by atomic mass is 16.5. The number of aliphatic hydroxyl groups excluding tert-OH is 1. The van der Waals surface area contributed by atoms with Gasteiger partial charge in [0.05, 0.1) is 6.61 Å². The third-order valence-corrected chi connectivity index (χ3v) is 5.60. The number of rotatable bonds is 8. The molecule has 0 spiro atoms. The van der Waals surface area contributed by atoms with Crippen LogP contribution in [0.25, 0.3) is 0 Å². The lowest BCUT2D eigenvalue weighted by Gasteiger charge is -2.36. The molecule has 0 amide bonds. The second kappa shape index (κ2) is 10.1. The predicted molar refractivity (Wildman–Crippen MR) is 102 cm³/mol. The summed E-state index contributed by atoms with van der Waals surface area (Å²) >= 11 is 0. The topological polar surface area (TPSA) is 44.7 Å². The van der Waals surface area contributed by atoms with E-state index in [9.17, 15) is 0 Å². The monoisotopic (exact) mass is 346 g/mol. The summed E-state index contributed by atoms with van der Waals surface area (Å²) in [4.78, 5) is 2.69. The first-order valence-corrected chi connectivity index (χ1v) is 10.1. The molecule has 4 heteroatoms. The summed E-state index contributed by atoms with van der Waals surface area (Å²) in [5, 5.41) is 12.6. The van der Waals surface area contributed by atoms with Crippen molar-refractivity contribution in [2.75, 3.05) is 32.8 Å². The van der Waals surface area contributed by atoms with Crippen LogP contribution >= 0.6 is 0 Å². The van der Waals surface area contributed by atoms with Crippen LogP contribution in [0.1, 0.15) is 50.5 Å². The van der Waals surface area contributed by atoms with Crippen molar-refractivity contribution in [3.63, 3.8) is 0 Å². The van der Waals surface area contributed by atoms with Crippen LogP contribution in [-0.4, -0.2) is 48.9 Å². The highest BCUT2D eigenvalue weighted by Crippen LogP contribution is 2.25. The molecule has 2 fully saturated rings. The van der Waals surface area contributed by atoms with Crippen molar-refractivity contribution in [1.82, 2.24) is 10.2 Å². The molecular weight excluding hydrogens is 312 g/mol. The molecule has 0 radical (unpaired) electrons. The first-order chi connectivity index (χ1) is 12.3. The molecule has 1 saturated heterocycles. The van der Waals surface area contributed by atoms with E-state index < -0.39 is 0 Å². The van der Waals surface area contributed by atoms with Crippen LogP contribution in [0, 0.1) is 5.92 Å².